The lowest BCUT2D eigenvalue weighted by Gasteiger charge is -2.45. The Bertz CT molecular complexity index is 436. The van der Waals surface area contributed by atoms with Gasteiger partial charge in [-0.25, -0.2) is 8.42 Å². The van der Waals surface area contributed by atoms with Crippen molar-refractivity contribution in [1.29, 1.82) is 0 Å². The molecule has 0 aromatic heterocycles. The fourth-order valence-electron chi connectivity index (χ4n) is 2.58. The van der Waals surface area contributed by atoms with Crippen molar-refractivity contribution in [2.75, 3.05) is 32.4 Å². The molecule has 0 aromatic rings. The first-order chi connectivity index (χ1) is 9.35. The number of hydrogen-bond donors (Lipinski definition) is 1. The van der Waals surface area contributed by atoms with Crippen molar-refractivity contribution in [2.24, 2.45) is 0 Å². The van der Waals surface area contributed by atoms with Gasteiger partial charge in [0.2, 0.25) is 0 Å². The summed E-state index contributed by atoms with van der Waals surface area (Å²) < 4.78 is 28.5. The van der Waals surface area contributed by atoms with Crippen LogP contribution < -0.4 is 5.32 Å². The molecule has 1 rings (SSSR count). The van der Waals surface area contributed by atoms with Gasteiger partial charge in [-0.2, -0.15) is 0 Å². The second-order valence-electron chi connectivity index (χ2n) is 7.61. The van der Waals surface area contributed by atoms with E-state index >= 15 is 0 Å². The molecule has 1 N–H and O–H groups in total. The fraction of sp³-hybridized carbons (Fsp3) is 1.00. The summed E-state index contributed by atoms with van der Waals surface area (Å²) in [5.74, 6) is 0. The van der Waals surface area contributed by atoms with Crippen LogP contribution in [-0.2, 0) is 14.6 Å². The van der Waals surface area contributed by atoms with E-state index in [2.05, 4.69) is 37.9 Å². The minimum atomic E-state index is -3.06. The molecule has 6 heteroatoms. The Hall–Kier alpha value is -0.170. The van der Waals surface area contributed by atoms with Crippen molar-refractivity contribution < 1.29 is 13.2 Å². The van der Waals surface area contributed by atoms with Crippen LogP contribution in [0, 0.1) is 0 Å². The molecule has 5 nitrogen and oxygen atoms in total. The quantitative estimate of drug-likeness (QED) is 0.799. The lowest BCUT2D eigenvalue weighted by Crippen LogP contribution is -2.59. The first-order valence-corrected chi connectivity index (χ1v) is 9.55. The van der Waals surface area contributed by atoms with Gasteiger partial charge in [0.05, 0.1) is 17.0 Å². The van der Waals surface area contributed by atoms with Gasteiger partial charge in [-0.15, -0.1) is 0 Å². The summed E-state index contributed by atoms with van der Waals surface area (Å²) in [6.45, 7) is 15.1. The number of nitrogens with one attached hydrogen (secondary N) is 1. The van der Waals surface area contributed by atoms with Crippen molar-refractivity contribution in [3.05, 3.63) is 0 Å². The summed E-state index contributed by atoms with van der Waals surface area (Å²) in [5, 5.41) is 3.34. The monoisotopic (exact) mass is 320 g/mol. The van der Waals surface area contributed by atoms with Crippen molar-refractivity contribution >= 4 is 9.84 Å². The van der Waals surface area contributed by atoms with E-state index in [0.717, 1.165) is 19.6 Å². The molecular weight excluding hydrogens is 288 g/mol. The molecule has 1 aliphatic rings. The van der Waals surface area contributed by atoms with Crippen LogP contribution in [0.2, 0.25) is 0 Å². The average molecular weight is 320 g/mol. The molecule has 0 aromatic carbocycles. The molecule has 1 saturated heterocycles. The predicted molar refractivity (Wildman–Crippen MR) is 87.5 cm³/mol. The maximum atomic E-state index is 11.7. The summed E-state index contributed by atoms with van der Waals surface area (Å²) >= 11 is 0. The van der Waals surface area contributed by atoms with Gasteiger partial charge in [-0.3, -0.25) is 4.90 Å². The lowest BCUT2D eigenvalue weighted by atomic mass is 9.99. The van der Waals surface area contributed by atoms with Crippen molar-refractivity contribution in [3.63, 3.8) is 0 Å². The smallest absolute Gasteiger partial charge is 0.153 e. The Balaban J connectivity index is 2.57. The number of sulfone groups is 1. The van der Waals surface area contributed by atoms with Crippen molar-refractivity contribution in [3.8, 4) is 0 Å². The minimum Gasteiger partial charge on any atom is -0.373 e. The Morgan fingerprint density at radius 1 is 1.10 bits per heavy atom. The van der Waals surface area contributed by atoms with Gasteiger partial charge in [0.25, 0.3) is 0 Å². The minimum absolute atomic E-state index is 0.0279. The first kappa shape index (κ1) is 18.9. The SMILES string of the molecule is C[C@@H]1CN(C(C)(C)CNCC(C)(C)S(C)(=O)=O)C[C@H](C)O1. The third kappa shape index (κ3) is 5.20. The molecule has 0 aliphatic carbocycles. The van der Waals surface area contributed by atoms with E-state index in [9.17, 15) is 8.42 Å². The van der Waals surface area contributed by atoms with Gasteiger partial charge in [0, 0.05) is 38.0 Å². The molecule has 0 amide bonds. The third-order valence-corrected chi connectivity index (χ3v) is 6.54. The van der Waals surface area contributed by atoms with Crippen LogP contribution in [0.4, 0.5) is 0 Å². The normalized spacial score (nSPS) is 26.0. The summed E-state index contributed by atoms with van der Waals surface area (Å²) in [5.41, 5.74) is -0.0279. The van der Waals surface area contributed by atoms with E-state index in [1.165, 1.54) is 6.26 Å². The summed E-state index contributed by atoms with van der Waals surface area (Å²) in [7, 11) is -3.06. The Kier molecular flexibility index (Phi) is 5.86. The molecular formula is C15H32N2O3S. The molecule has 0 spiro atoms. The highest BCUT2D eigenvalue weighted by Crippen LogP contribution is 2.21. The van der Waals surface area contributed by atoms with E-state index in [0.29, 0.717) is 6.54 Å². The second kappa shape index (κ2) is 6.52. The Labute approximate surface area is 130 Å². The van der Waals surface area contributed by atoms with Gasteiger partial charge in [0.1, 0.15) is 0 Å². The zero-order valence-electron chi connectivity index (χ0n) is 14.6. The van der Waals surface area contributed by atoms with Crippen LogP contribution in [0.5, 0.6) is 0 Å². The van der Waals surface area contributed by atoms with Gasteiger partial charge >= 0.3 is 0 Å². The number of ether oxygens (including phenoxy) is 1. The Morgan fingerprint density at radius 3 is 2.00 bits per heavy atom. The highest BCUT2D eigenvalue weighted by atomic mass is 32.2. The number of hydrogen-bond acceptors (Lipinski definition) is 5. The summed E-state index contributed by atoms with van der Waals surface area (Å²) in [4.78, 5) is 2.42. The van der Waals surface area contributed by atoms with Gasteiger partial charge in [-0.05, 0) is 41.5 Å². The second-order valence-corrected chi connectivity index (χ2v) is 10.3. The molecule has 126 valence electrons. The largest absolute Gasteiger partial charge is 0.373 e. The van der Waals surface area contributed by atoms with E-state index in [-0.39, 0.29) is 17.7 Å². The summed E-state index contributed by atoms with van der Waals surface area (Å²) in [6, 6.07) is 0. The lowest BCUT2D eigenvalue weighted by molar-refractivity contribution is -0.0952. The molecule has 2 atom stereocenters. The first-order valence-electron chi connectivity index (χ1n) is 7.66. The van der Waals surface area contributed by atoms with Gasteiger partial charge in [-0.1, -0.05) is 0 Å². The van der Waals surface area contributed by atoms with E-state index in [4.69, 9.17) is 4.74 Å². The molecule has 1 aliphatic heterocycles. The molecule has 0 radical (unpaired) electrons. The van der Waals surface area contributed by atoms with Crippen LogP contribution in [0.3, 0.4) is 0 Å². The maximum Gasteiger partial charge on any atom is 0.153 e. The zero-order valence-corrected chi connectivity index (χ0v) is 15.4. The van der Waals surface area contributed by atoms with Gasteiger partial charge < -0.3 is 10.1 Å². The van der Waals surface area contributed by atoms with Crippen LogP contribution >= 0.6 is 0 Å². The molecule has 21 heavy (non-hydrogen) atoms. The van der Waals surface area contributed by atoms with Crippen LogP contribution in [0.15, 0.2) is 0 Å². The topological polar surface area (TPSA) is 58.6 Å². The number of rotatable bonds is 6. The number of morpholine rings is 1. The van der Waals surface area contributed by atoms with Crippen LogP contribution in [0.25, 0.3) is 0 Å². The standard InChI is InChI=1S/C15H32N2O3S/c1-12-8-17(9-13(2)20-12)14(3,4)10-16-11-15(5,6)21(7,18)19/h12-13,16H,8-11H2,1-7H3/t12-,13+. The molecule has 1 fully saturated rings. The van der Waals surface area contributed by atoms with Crippen molar-refractivity contribution in [2.45, 2.75) is 64.0 Å². The van der Waals surface area contributed by atoms with E-state index in [1.807, 2.05) is 0 Å². The van der Waals surface area contributed by atoms with Crippen LogP contribution in [0.1, 0.15) is 41.5 Å². The van der Waals surface area contributed by atoms with E-state index < -0.39 is 14.6 Å². The third-order valence-electron chi connectivity index (χ3n) is 4.39. The highest BCUT2D eigenvalue weighted by Gasteiger charge is 2.34. The highest BCUT2D eigenvalue weighted by molar-refractivity contribution is 7.92. The van der Waals surface area contributed by atoms with Crippen molar-refractivity contribution in [1.82, 2.24) is 10.2 Å². The molecule has 0 unspecified atom stereocenters. The maximum absolute atomic E-state index is 11.7. The predicted octanol–water partition coefficient (Wildman–Crippen LogP) is 1.29. The molecule has 1 heterocycles. The molecule has 0 saturated carbocycles. The number of nitrogens with zero attached hydrogens (tertiary/aromatic N) is 1. The average Bonchev–Trinajstić information content (AvgIpc) is 2.25. The molecule has 0 bridgehead atoms. The summed E-state index contributed by atoms with van der Waals surface area (Å²) in [6.07, 6.45) is 1.77. The zero-order chi connectivity index (χ0) is 16.5. The Morgan fingerprint density at radius 2 is 1.57 bits per heavy atom. The van der Waals surface area contributed by atoms with Gasteiger partial charge in [0.15, 0.2) is 9.84 Å². The fourth-order valence-corrected chi connectivity index (χ4v) is 2.95. The van der Waals surface area contributed by atoms with E-state index in [1.54, 1.807) is 13.8 Å². The van der Waals surface area contributed by atoms with Crippen LogP contribution in [-0.4, -0.2) is 68.2 Å².